The van der Waals surface area contributed by atoms with Gasteiger partial charge in [0, 0.05) is 37.6 Å². The minimum atomic E-state index is -0.226. The number of benzene rings is 2. The van der Waals surface area contributed by atoms with Crippen molar-refractivity contribution in [1.29, 1.82) is 0 Å². The summed E-state index contributed by atoms with van der Waals surface area (Å²) in [4.78, 5) is 31.3. The third kappa shape index (κ3) is 3.96. The Kier molecular flexibility index (Phi) is 5.19. The molecule has 4 rings (SSSR count). The highest BCUT2D eigenvalue weighted by Crippen LogP contribution is 2.21. The first-order chi connectivity index (χ1) is 13.7. The van der Waals surface area contributed by atoms with E-state index in [1.807, 2.05) is 39.9 Å². The van der Waals surface area contributed by atoms with Gasteiger partial charge >= 0.3 is 0 Å². The molecule has 0 aliphatic carbocycles. The van der Waals surface area contributed by atoms with Gasteiger partial charge in [0.2, 0.25) is 0 Å². The summed E-state index contributed by atoms with van der Waals surface area (Å²) in [6.07, 6.45) is 7.46. The Bertz CT molecular complexity index is 958. The van der Waals surface area contributed by atoms with Crippen LogP contribution >= 0.6 is 0 Å². The Balaban J connectivity index is 1.47. The third-order valence-corrected chi connectivity index (χ3v) is 4.94. The second-order valence-corrected chi connectivity index (χ2v) is 6.93. The topological polar surface area (TPSA) is 67.2 Å². The number of hydrogen-bond donors (Lipinski definition) is 1. The number of nitrogens with zero attached hydrogens (tertiary/aromatic N) is 3. The van der Waals surface area contributed by atoms with Gasteiger partial charge in [-0.15, -0.1) is 0 Å². The Morgan fingerprint density at radius 1 is 1.00 bits per heavy atom. The van der Waals surface area contributed by atoms with Crippen LogP contribution in [-0.2, 0) is 6.54 Å². The number of likely N-dealkylation sites (tertiary alicyclic amines) is 1. The van der Waals surface area contributed by atoms with E-state index in [1.165, 1.54) is 0 Å². The minimum absolute atomic E-state index is 0.0240. The molecule has 2 heterocycles. The molecule has 1 fully saturated rings. The zero-order chi connectivity index (χ0) is 19.3. The molecule has 6 nitrogen and oxygen atoms in total. The predicted octanol–water partition coefficient (Wildman–Crippen LogP) is 3.42. The molecule has 2 aromatic carbocycles. The molecule has 3 aromatic rings. The highest BCUT2D eigenvalue weighted by Gasteiger charge is 2.22. The van der Waals surface area contributed by atoms with E-state index >= 15 is 0 Å². The number of carbonyl (C=O) groups is 2. The van der Waals surface area contributed by atoms with Gasteiger partial charge in [0.25, 0.3) is 11.8 Å². The number of para-hydroxylation sites is 1. The van der Waals surface area contributed by atoms with Crippen LogP contribution in [0.3, 0.4) is 0 Å². The van der Waals surface area contributed by atoms with Crippen molar-refractivity contribution >= 4 is 17.5 Å². The molecule has 1 aliphatic heterocycles. The van der Waals surface area contributed by atoms with E-state index in [0.717, 1.165) is 31.5 Å². The number of imidazole rings is 1. The molecule has 1 aliphatic rings. The normalized spacial score (nSPS) is 13.5. The van der Waals surface area contributed by atoms with Crippen LogP contribution in [0.25, 0.3) is 0 Å². The summed E-state index contributed by atoms with van der Waals surface area (Å²) in [5.41, 5.74) is 2.72. The van der Waals surface area contributed by atoms with E-state index in [-0.39, 0.29) is 11.8 Å². The van der Waals surface area contributed by atoms with Crippen molar-refractivity contribution in [3.63, 3.8) is 0 Å². The van der Waals surface area contributed by atoms with Crippen molar-refractivity contribution in [2.24, 2.45) is 0 Å². The Morgan fingerprint density at radius 2 is 1.75 bits per heavy atom. The maximum atomic E-state index is 12.7. The van der Waals surface area contributed by atoms with Crippen LogP contribution in [0.1, 0.15) is 39.1 Å². The maximum Gasteiger partial charge on any atom is 0.255 e. The quantitative estimate of drug-likeness (QED) is 0.744. The lowest BCUT2D eigenvalue weighted by molar-refractivity contribution is 0.0794. The van der Waals surface area contributed by atoms with Crippen molar-refractivity contribution < 1.29 is 9.59 Å². The fourth-order valence-corrected chi connectivity index (χ4v) is 3.42. The van der Waals surface area contributed by atoms with Gasteiger partial charge < -0.3 is 14.8 Å². The van der Waals surface area contributed by atoms with Crippen LogP contribution in [0, 0.1) is 0 Å². The van der Waals surface area contributed by atoms with E-state index in [4.69, 9.17) is 0 Å². The van der Waals surface area contributed by atoms with Crippen LogP contribution in [0.15, 0.2) is 67.3 Å². The lowest BCUT2D eigenvalue weighted by Gasteiger charge is -2.18. The van der Waals surface area contributed by atoms with E-state index in [2.05, 4.69) is 10.3 Å². The zero-order valence-electron chi connectivity index (χ0n) is 15.5. The average molecular weight is 374 g/mol. The molecular weight excluding hydrogens is 352 g/mol. The zero-order valence-corrected chi connectivity index (χ0v) is 15.5. The molecule has 0 radical (unpaired) electrons. The number of hydrogen-bond acceptors (Lipinski definition) is 3. The van der Waals surface area contributed by atoms with Crippen molar-refractivity contribution in [3.05, 3.63) is 83.9 Å². The second-order valence-electron chi connectivity index (χ2n) is 6.93. The number of carbonyl (C=O) groups excluding carboxylic acids is 2. The third-order valence-electron chi connectivity index (χ3n) is 4.94. The summed E-state index contributed by atoms with van der Waals surface area (Å²) >= 11 is 0. The van der Waals surface area contributed by atoms with Crippen molar-refractivity contribution in [1.82, 2.24) is 14.5 Å². The summed E-state index contributed by atoms with van der Waals surface area (Å²) in [5, 5.41) is 2.89. The average Bonchev–Trinajstić information content (AvgIpc) is 3.43. The van der Waals surface area contributed by atoms with Gasteiger partial charge in [0.1, 0.15) is 0 Å². The van der Waals surface area contributed by atoms with Crippen molar-refractivity contribution in [3.8, 4) is 0 Å². The van der Waals surface area contributed by atoms with Gasteiger partial charge in [-0.05, 0) is 42.7 Å². The summed E-state index contributed by atoms with van der Waals surface area (Å²) in [5.74, 6) is -0.250. The van der Waals surface area contributed by atoms with E-state index < -0.39 is 0 Å². The second kappa shape index (κ2) is 8.08. The fraction of sp³-hybridized carbons (Fsp3) is 0.227. The summed E-state index contributed by atoms with van der Waals surface area (Å²) in [7, 11) is 0. The molecular formula is C22H22N4O2. The maximum absolute atomic E-state index is 12.7. The van der Waals surface area contributed by atoms with Gasteiger partial charge in [-0.3, -0.25) is 9.59 Å². The van der Waals surface area contributed by atoms with Crippen molar-refractivity contribution in [2.75, 3.05) is 18.4 Å². The fourth-order valence-electron chi connectivity index (χ4n) is 3.42. The van der Waals surface area contributed by atoms with Crippen LogP contribution < -0.4 is 5.32 Å². The molecule has 2 amide bonds. The molecule has 1 N–H and O–H groups in total. The molecule has 1 aromatic heterocycles. The van der Waals surface area contributed by atoms with E-state index in [9.17, 15) is 9.59 Å². The predicted molar refractivity (Wildman–Crippen MR) is 107 cm³/mol. The number of aromatic nitrogens is 2. The Labute approximate surface area is 163 Å². The molecule has 0 spiro atoms. The molecule has 0 atom stereocenters. The van der Waals surface area contributed by atoms with Gasteiger partial charge in [-0.2, -0.15) is 0 Å². The Hall–Kier alpha value is -3.41. The SMILES string of the molecule is O=C(Nc1ccccc1C(=O)N1CCCC1)c1ccc(Cn2ccnc2)cc1. The van der Waals surface area contributed by atoms with Crippen LogP contribution in [-0.4, -0.2) is 39.4 Å². The molecule has 0 bridgehead atoms. The highest BCUT2D eigenvalue weighted by molar-refractivity contribution is 6.09. The lowest BCUT2D eigenvalue weighted by atomic mass is 10.1. The van der Waals surface area contributed by atoms with E-state index in [0.29, 0.717) is 23.4 Å². The molecule has 142 valence electrons. The number of amides is 2. The van der Waals surface area contributed by atoms with Gasteiger partial charge in [-0.1, -0.05) is 24.3 Å². The van der Waals surface area contributed by atoms with E-state index in [1.54, 1.807) is 36.8 Å². The van der Waals surface area contributed by atoms with Crippen LogP contribution in [0.4, 0.5) is 5.69 Å². The first-order valence-corrected chi connectivity index (χ1v) is 9.45. The van der Waals surface area contributed by atoms with Crippen LogP contribution in [0.2, 0.25) is 0 Å². The number of rotatable bonds is 5. The first kappa shape index (κ1) is 18.0. The molecule has 6 heteroatoms. The summed E-state index contributed by atoms with van der Waals surface area (Å²) in [6.45, 7) is 2.26. The smallest absolute Gasteiger partial charge is 0.255 e. The molecule has 28 heavy (non-hydrogen) atoms. The largest absolute Gasteiger partial charge is 0.339 e. The monoisotopic (exact) mass is 374 g/mol. The lowest BCUT2D eigenvalue weighted by Crippen LogP contribution is -2.28. The summed E-state index contributed by atoms with van der Waals surface area (Å²) < 4.78 is 1.97. The number of anilines is 1. The van der Waals surface area contributed by atoms with Gasteiger partial charge in [-0.25, -0.2) is 4.98 Å². The van der Waals surface area contributed by atoms with Gasteiger partial charge in [0.15, 0.2) is 0 Å². The highest BCUT2D eigenvalue weighted by atomic mass is 16.2. The number of nitrogens with one attached hydrogen (secondary N) is 1. The first-order valence-electron chi connectivity index (χ1n) is 9.45. The molecule has 1 saturated heterocycles. The Morgan fingerprint density at radius 3 is 2.46 bits per heavy atom. The van der Waals surface area contributed by atoms with Gasteiger partial charge in [0.05, 0.1) is 17.6 Å². The summed E-state index contributed by atoms with van der Waals surface area (Å²) in [6, 6.07) is 14.6. The van der Waals surface area contributed by atoms with Crippen molar-refractivity contribution in [2.45, 2.75) is 19.4 Å². The molecule has 0 saturated carbocycles. The van der Waals surface area contributed by atoms with Crippen LogP contribution in [0.5, 0.6) is 0 Å². The minimum Gasteiger partial charge on any atom is -0.339 e. The standard InChI is InChI=1S/C22H22N4O2/c27-21(18-9-7-17(8-10-18)15-25-14-11-23-16-25)24-20-6-2-1-5-19(20)22(28)26-12-3-4-13-26/h1-2,5-11,14,16H,3-4,12-13,15H2,(H,24,27). The molecule has 0 unspecified atom stereocenters.